The lowest BCUT2D eigenvalue weighted by atomic mass is 10.1. The molecule has 2 aromatic rings. The normalized spacial score (nSPS) is 18.8. The molecule has 3 rings (SSSR count). The number of ether oxygens (including phenoxy) is 1. The van der Waals surface area contributed by atoms with Gasteiger partial charge in [0, 0.05) is 39.2 Å². The van der Waals surface area contributed by atoms with Gasteiger partial charge >= 0.3 is 0 Å². The van der Waals surface area contributed by atoms with E-state index in [9.17, 15) is 4.79 Å². The third-order valence-corrected chi connectivity index (χ3v) is 4.36. The first-order valence-electron chi connectivity index (χ1n) is 8.36. The van der Waals surface area contributed by atoms with E-state index in [1.54, 1.807) is 21.0 Å². The lowest BCUT2D eigenvalue weighted by molar-refractivity contribution is -0.131. The zero-order chi connectivity index (χ0) is 17.8. The van der Waals surface area contributed by atoms with Crippen LogP contribution in [0.25, 0.3) is 0 Å². The van der Waals surface area contributed by atoms with Crippen molar-refractivity contribution in [3.63, 3.8) is 0 Å². The van der Waals surface area contributed by atoms with Crippen LogP contribution in [0.5, 0.6) is 5.88 Å². The number of carbonyl (C=O) groups excluding carboxylic acids is 1. The molecule has 25 heavy (non-hydrogen) atoms. The highest BCUT2D eigenvalue weighted by Gasteiger charge is 2.31. The minimum Gasteiger partial charge on any atom is -0.481 e. The molecule has 1 fully saturated rings. The Morgan fingerprint density at radius 2 is 2.16 bits per heavy atom. The van der Waals surface area contributed by atoms with E-state index in [0.29, 0.717) is 30.7 Å². The molecule has 1 aliphatic rings. The van der Waals surface area contributed by atoms with Gasteiger partial charge in [-0.15, -0.1) is 0 Å². The lowest BCUT2D eigenvalue weighted by Crippen LogP contribution is -2.35. The highest BCUT2D eigenvalue weighted by molar-refractivity contribution is 5.73. The summed E-state index contributed by atoms with van der Waals surface area (Å²) in [5.74, 6) is 1.72. The van der Waals surface area contributed by atoms with Crippen LogP contribution >= 0.6 is 0 Å². The Hall–Kier alpha value is -2.48. The van der Waals surface area contributed by atoms with E-state index in [2.05, 4.69) is 20.0 Å². The minimum atomic E-state index is -0.179. The predicted octanol–water partition coefficient (Wildman–Crippen LogP) is 1.58. The van der Waals surface area contributed by atoms with Crippen LogP contribution in [-0.4, -0.2) is 57.6 Å². The van der Waals surface area contributed by atoms with Crippen molar-refractivity contribution in [1.29, 1.82) is 0 Å². The van der Waals surface area contributed by atoms with Crippen LogP contribution < -0.4 is 4.74 Å². The summed E-state index contributed by atoms with van der Waals surface area (Å²) in [7, 11) is 1.61. The molecule has 3 heterocycles. The first-order chi connectivity index (χ1) is 12.1. The van der Waals surface area contributed by atoms with Crippen LogP contribution in [0, 0.1) is 6.92 Å². The number of aryl methyl sites for hydroxylation is 1. The zero-order valence-corrected chi connectivity index (χ0v) is 14.8. The summed E-state index contributed by atoms with van der Waals surface area (Å²) in [6, 6.07) is 5.57. The van der Waals surface area contributed by atoms with Gasteiger partial charge in [0.15, 0.2) is 5.82 Å². The maximum atomic E-state index is 12.1. The molecule has 8 nitrogen and oxygen atoms in total. The van der Waals surface area contributed by atoms with Gasteiger partial charge in [-0.25, -0.2) is 4.98 Å². The van der Waals surface area contributed by atoms with Gasteiger partial charge in [-0.05, 0) is 19.4 Å². The van der Waals surface area contributed by atoms with Gasteiger partial charge in [-0.2, -0.15) is 4.98 Å². The second kappa shape index (κ2) is 7.60. The van der Waals surface area contributed by atoms with E-state index in [0.717, 1.165) is 25.2 Å². The molecule has 1 aliphatic heterocycles. The highest BCUT2D eigenvalue weighted by Crippen LogP contribution is 2.26. The molecule has 0 aromatic carbocycles. The van der Waals surface area contributed by atoms with Crippen molar-refractivity contribution in [2.75, 3.05) is 26.7 Å². The standard InChI is InChI=1S/C17H23N5O3/c1-12-18-17(25-20-12)15-7-8-21(9-10-22(15)13(2)23)11-14-5-4-6-16(19-14)24-3/h4-6,15H,7-11H2,1-3H3. The number of aromatic nitrogens is 3. The molecule has 1 amide bonds. The van der Waals surface area contributed by atoms with Crippen LogP contribution in [-0.2, 0) is 11.3 Å². The number of rotatable bonds is 4. The smallest absolute Gasteiger partial charge is 0.249 e. The number of nitrogens with zero attached hydrogens (tertiary/aromatic N) is 5. The van der Waals surface area contributed by atoms with Crippen molar-refractivity contribution < 1.29 is 14.1 Å². The van der Waals surface area contributed by atoms with Gasteiger partial charge in [-0.1, -0.05) is 11.2 Å². The van der Waals surface area contributed by atoms with Crippen molar-refractivity contribution in [3.8, 4) is 5.88 Å². The fraction of sp³-hybridized carbons (Fsp3) is 0.529. The van der Waals surface area contributed by atoms with Crippen LogP contribution in [0.2, 0.25) is 0 Å². The number of methoxy groups -OCH3 is 1. The second-order valence-corrected chi connectivity index (χ2v) is 6.14. The summed E-state index contributed by atoms with van der Waals surface area (Å²) >= 11 is 0. The van der Waals surface area contributed by atoms with E-state index >= 15 is 0 Å². The summed E-state index contributed by atoms with van der Waals surface area (Å²) in [6.07, 6.45) is 0.741. The van der Waals surface area contributed by atoms with E-state index in [4.69, 9.17) is 9.26 Å². The quantitative estimate of drug-likeness (QED) is 0.831. The van der Waals surface area contributed by atoms with Crippen LogP contribution in [0.4, 0.5) is 0 Å². The van der Waals surface area contributed by atoms with Crippen LogP contribution in [0.1, 0.15) is 36.8 Å². The molecule has 8 heteroatoms. The first kappa shape index (κ1) is 17.3. The fourth-order valence-electron chi connectivity index (χ4n) is 3.11. The summed E-state index contributed by atoms with van der Waals surface area (Å²) in [5, 5.41) is 3.86. The summed E-state index contributed by atoms with van der Waals surface area (Å²) in [4.78, 5) is 25.0. The average molecular weight is 345 g/mol. The molecule has 0 spiro atoms. The number of pyridine rings is 1. The Kier molecular flexibility index (Phi) is 5.28. The molecule has 0 bridgehead atoms. The van der Waals surface area contributed by atoms with E-state index < -0.39 is 0 Å². The summed E-state index contributed by atoms with van der Waals surface area (Å²) in [5.41, 5.74) is 0.945. The molecule has 0 aliphatic carbocycles. The molecular weight excluding hydrogens is 322 g/mol. The zero-order valence-electron chi connectivity index (χ0n) is 14.8. The molecular formula is C17H23N5O3. The Morgan fingerprint density at radius 3 is 2.84 bits per heavy atom. The van der Waals surface area contributed by atoms with Gasteiger partial charge in [-0.3, -0.25) is 9.69 Å². The Balaban J connectivity index is 1.73. The molecule has 134 valence electrons. The molecule has 0 radical (unpaired) electrons. The number of hydrogen-bond acceptors (Lipinski definition) is 7. The number of carbonyl (C=O) groups is 1. The molecule has 0 saturated carbocycles. The van der Waals surface area contributed by atoms with Crippen molar-refractivity contribution >= 4 is 5.91 Å². The molecule has 1 atom stereocenters. The SMILES string of the molecule is COc1cccc(CN2CCC(c3nc(C)no3)N(C(C)=O)CC2)n1. The average Bonchev–Trinajstić information content (AvgIpc) is 2.91. The largest absolute Gasteiger partial charge is 0.481 e. The fourth-order valence-corrected chi connectivity index (χ4v) is 3.11. The number of amides is 1. The van der Waals surface area contributed by atoms with Gasteiger partial charge in [0.1, 0.15) is 6.04 Å². The lowest BCUT2D eigenvalue weighted by Gasteiger charge is -2.25. The maximum Gasteiger partial charge on any atom is 0.249 e. The Labute approximate surface area is 146 Å². The van der Waals surface area contributed by atoms with E-state index in [1.165, 1.54) is 0 Å². The predicted molar refractivity (Wildman–Crippen MR) is 89.8 cm³/mol. The van der Waals surface area contributed by atoms with Crippen molar-refractivity contribution in [2.45, 2.75) is 32.9 Å². The van der Waals surface area contributed by atoms with Crippen molar-refractivity contribution in [3.05, 3.63) is 35.6 Å². The topological polar surface area (TPSA) is 84.6 Å². The second-order valence-electron chi connectivity index (χ2n) is 6.14. The monoisotopic (exact) mass is 345 g/mol. The van der Waals surface area contributed by atoms with Crippen LogP contribution in [0.15, 0.2) is 22.7 Å². The number of hydrogen-bond donors (Lipinski definition) is 0. The Bertz CT molecular complexity index is 733. The van der Waals surface area contributed by atoms with E-state index in [1.807, 2.05) is 23.1 Å². The van der Waals surface area contributed by atoms with Gasteiger partial charge < -0.3 is 14.2 Å². The van der Waals surface area contributed by atoms with Gasteiger partial charge in [0.25, 0.3) is 0 Å². The van der Waals surface area contributed by atoms with Gasteiger partial charge in [0.05, 0.1) is 12.8 Å². The minimum absolute atomic E-state index is 0.0159. The van der Waals surface area contributed by atoms with Crippen LogP contribution in [0.3, 0.4) is 0 Å². The molecule has 1 saturated heterocycles. The third-order valence-electron chi connectivity index (χ3n) is 4.36. The van der Waals surface area contributed by atoms with Gasteiger partial charge in [0.2, 0.25) is 17.7 Å². The third kappa shape index (κ3) is 4.14. The first-order valence-corrected chi connectivity index (χ1v) is 8.36. The Morgan fingerprint density at radius 1 is 1.32 bits per heavy atom. The molecule has 1 unspecified atom stereocenters. The summed E-state index contributed by atoms with van der Waals surface area (Å²) < 4.78 is 10.5. The highest BCUT2D eigenvalue weighted by atomic mass is 16.5. The molecule has 0 N–H and O–H groups in total. The van der Waals surface area contributed by atoms with Crippen molar-refractivity contribution in [2.24, 2.45) is 0 Å². The molecule has 2 aromatic heterocycles. The van der Waals surface area contributed by atoms with Crippen molar-refractivity contribution in [1.82, 2.24) is 24.9 Å². The summed E-state index contributed by atoms with van der Waals surface area (Å²) in [6.45, 7) is 6.26. The van der Waals surface area contributed by atoms with E-state index in [-0.39, 0.29) is 11.9 Å². The maximum absolute atomic E-state index is 12.1.